The fraction of sp³-hybridized carbons (Fsp3) is 0.318. The first-order chi connectivity index (χ1) is 12.1. The molecule has 1 aliphatic heterocycles. The van der Waals surface area contributed by atoms with Crippen LogP contribution in [0.25, 0.3) is 6.08 Å². The molecule has 1 heterocycles. The number of benzene rings is 2. The summed E-state index contributed by atoms with van der Waals surface area (Å²) in [6.07, 6.45) is 4.42. The molecular weight excluding hydrogens is 308 g/mol. The van der Waals surface area contributed by atoms with Crippen molar-refractivity contribution in [1.82, 2.24) is 4.90 Å². The van der Waals surface area contributed by atoms with Gasteiger partial charge in [0.2, 0.25) is 0 Å². The van der Waals surface area contributed by atoms with Crippen LogP contribution in [0.1, 0.15) is 27.0 Å². The minimum Gasteiger partial charge on any atom is -0.329 e. The Morgan fingerprint density at radius 1 is 1.04 bits per heavy atom. The van der Waals surface area contributed by atoms with Gasteiger partial charge in [0, 0.05) is 5.56 Å². The van der Waals surface area contributed by atoms with E-state index in [9.17, 15) is 4.79 Å². The van der Waals surface area contributed by atoms with E-state index in [1.807, 2.05) is 36.9 Å². The van der Waals surface area contributed by atoms with Crippen molar-refractivity contribution in [2.75, 3.05) is 32.7 Å². The first kappa shape index (κ1) is 17.4. The fourth-order valence-electron chi connectivity index (χ4n) is 3.44. The van der Waals surface area contributed by atoms with Crippen LogP contribution in [-0.2, 0) is 0 Å². The molecule has 3 heteroatoms. The Labute approximate surface area is 150 Å². The summed E-state index contributed by atoms with van der Waals surface area (Å²) in [4.78, 5) is 16.2. The Kier molecular flexibility index (Phi) is 5.67. The number of hydrogen-bond acceptors (Lipinski definition) is 1. The highest BCUT2D eigenvalue weighted by Crippen LogP contribution is 2.11. The molecular formula is C22H27N2O+. The highest BCUT2D eigenvalue weighted by atomic mass is 16.2. The normalized spacial score (nSPS) is 15.7. The lowest BCUT2D eigenvalue weighted by Gasteiger charge is -2.32. The van der Waals surface area contributed by atoms with Gasteiger partial charge in [-0.25, -0.2) is 0 Å². The lowest BCUT2D eigenvalue weighted by molar-refractivity contribution is -0.898. The summed E-state index contributed by atoms with van der Waals surface area (Å²) in [6, 6.07) is 16.5. The topological polar surface area (TPSA) is 24.8 Å². The van der Waals surface area contributed by atoms with E-state index in [1.165, 1.54) is 10.5 Å². The predicted molar refractivity (Wildman–Crippen MR) is 103 cm³/mol. The summed E-state index contributed by atoms with van der Waals surface area (Å²) in [5.41, 5.74) is 4.37. The van der Waals surface area contributed by atoms with Gasteiger partial charge in [0.15, 0.2) is 0 Å². The molecule has 2 aromatic rings. The third kappa shape index (κ3) is 4.80. The average Bonchev–Trinajstić information content (AvgIpc) is 2.62. The maximum atomic E-state index is 12.7. The Morgan fingerprint density at radius 3 is 2.32 bits per heavy atom. The molecule has 0 aromatic heterocycles. The zero-order valence-corrected chi connectivity index (χ0v) is 15.2. The molecule has 3 nitrogen and oxygen atoms in total. The molecule has 1 saturated heterocycles. The Morgan fingerprint density at radius 2 is 1.68 bits per heavy atom. The Balaban J connectivity index is 1.51. The van der Waals surface area contributed by atoms with Crippen LogP contribution < -0.4 is 4.90 Å². The molecule has 0 spiro atoms. The van der Waals surface area contributed by atoms with E-state index in [1.54, 1.807) is 0 Å². The van der Waals surface area contributed by atoms with Crippen molar-refractivity contribution in [3.8, 4) is 0 Å². The van der Waals surface area contributed by atoms with Crippen molar-refractivity contribution in [2.45, 2.75) is 13.8 Å². The van der Waals surface area contributed by atoms with E-state index < -0.39 is 0 Å². The van der Waals surface area contributed by atoms with Gasteiger partial charge in [-0.1, -0.05) is 53.6 Å². The molecule has 0 aliphatic carbocycles. The number of nitrogens with one attached hydrogen (secondary N) is 1. The zero-order valence-electron chi connectivity index (χ0n) is 15.2. The van der Waals surface area contributed by atoms with Crippen LogP contribution in [-0.4, -0.2) is 43.5 Å². The Bertz CT molecular complexity index is 724. The molecule has 1 fully saturated rings. The molecule has 0 unspecified atom stereocenters. The molecule has 0 saturated carbocycles. The van der Waals surface area contributed by atoms with Gasteiger partial charge < -0.3 is 9.80 Å². The van der Waals surface area contributed by atoms with Gasteiger partial charge in [0.1, 0.15) is 0 Å². The molecule has 2 aromatic carbocycles. The van der Waals surface area contributed by atoms with Crippen LogP contribution >= 0.6 is 0 Å². The van der Waals surface area contributed by atoms with Crippen molar-refractivity contribution in [2.24, 2.45) is 0 Å². The fourth-order valence-corrected chi connectivity index (χ4v) is 3.44. The molecule has 1 N–H and O–H groups in total. The van der Waals surface area contributed by atoms with Crippen molar-refractivity contribution in [3.63, 3.8) is 0 Å². The number of quaternary nitrogens is 1. The molecule has 0 radical (unpaired) electrons. The summed E-state index contributed by atoms with van der Waals surface area (Å²) in [5, 5.41) is 0. The third-order valence-corrected chi connectivity index (χ3v) is 4.74. The quantitative estimate of drug-likeness (QED) is 0.911. The third-order valence-electron chi connectivity index (χ3n) is 4.74. The van der Waals surface area contributed by atoms with Crippen molar-refractivity contribution < 1.29 is 9.69 Å². The van der Waals surface area contributed by atoms with Crippen LogP contribution in [0.2, 0.25) is 0 Å². The lowest BCUT2D eigenvalue weighted by Crippen LogP contribution is -3.14. The van der Waals surface area contributed by atoms with Crippen molar-refractivity contribution in [3.05, 3.63) is 76.9 Å². The van der Waals surface area contributed by atoms with Gasteiger partial charge in [-0.05, 0) is 37.6 Å². The molecule has 0 bridgehead atoms. The monoisotopic (exact) mass is 335 g/mol. The number of nitrogens with zero attached hydrogens (tertiary/aromatic N) is 1. The number of aryl methyl sites for hydroxylation is 2. The maximum Gasteiger partial charge on any atom is 0.254 e. The molecule has 25 heavy (non-hydrogen) atoms. The molecule has 1 aliphatic rings. The van der Waals surface area contributed by atoms with E-state index >= 15 is 0 Å². The van der Waals surface area contributed by atoms with E-state index in [0.29, 0.717) is 0 Å². The number of carbonyl (C=O) groups is 1. The Hall–Kier alpha value is -2.39. The van der Waals surface area contributed by atoms with Gasteiger partial charge in [0.05, 0.1) is 32.7 Å². The second kappa shape index (κ2) is 8.13. The summed E-state index contributed by atoms with van der Waals surface area (Å²) < 4.78 is 0. The average molecular weight is 335 g/mol. The highest BCUT2D eigenvalue weighted by Gasteiger charge is 2.24. The highest BCUT2D eigenvalue weighted by molar-refractivity contribution is 5.94. The number of piperazine rings is 1. The second-order valence-corrected chi connectivity index (χ2v) is 6.94. The molecule has 130 valence electrons. The van der Waals surface area contributed by atoms with Crippen molar-refractivity contribution >= 4 is 12.0 Å². The van der Waals surface area contributed by atoms with Gasteiger partial charge in [0.25, 0.3) is 5.91 Å². The number of rotatable bonds is 4. The van der Waals surface area contributed by atoms with E-state index in [4.69, 9.17) is 0 Å². The van der Waals surface area contributed by atoms with Crippen LogP contribution in [0.4, 0.5) is 0 Å². The summed E-state index contributed by atoms with van der Waals surface area (Å²) in [5.74, 6) is 0.172. The molecule has 1 amide bonds. The lowest BCUT2D eigenvalue weighted by atomic mass is 10.1. The predicted octanol–water partition coefficient (Wildman–Crippen LogP) is 2.36. The minimum atomic E-state index is 0.172. The standard InChI is InChI=1S/C22H26N2O/c1-18-15-19(2)17-21(16-18)22(25)24-13-11-23(12-14-24)10-6-9-20-7-4-3-5-8-20/h3-9,15-17H,10-14H2,1-2H3/p+1/b9-6+. The van der Waals surface area contributed by atoms with Gasteiger partial charge >= 0.3 is 0 Å². The summed E-state index contributed by atoms with van der Waals surface area (Å²) >= 11 is 0. The van der Waals surface area contributed by atoms with Crippen LogP contribution in [0.15, 0.2) is 54.6 Å². The van der Waals surface area contributed by atoms with Gasteiger partial charge in [-0.3, -0.25) is 4.79 Å². The number of carbonyl (C=O) groups excluding carboxylic acids is 1. The first-order valence-electron chi connectivity index (χ1n) is 9.04. The van der Waals surface area contributed by atoms with Crippen molar-refractivity contribution in [1.29, 1.82) is 0 Å². The number of amides is 1. The van der Waals surface area contributed by atoms with Crippen LogP contribution in [0.5, 0.6) is 0 Å². The van der Waals surface area contributed by atoms with E-state index in [0.717, 1.165) is 49.4 Å². The molecule has 0 atom stereocenters. The zero-order chi connectivity index (χ0) is 17.6. The van der Waals surface area contributed by atoms with Crippen LogP contribution in [0, 0.1) is 13.8 Å². The maximum absolute atomic E-state index is 12.7. The minimum absolute atomic E-state index is 0.172. The SMILES string of the molecule is Cc1cc(C)cc(C(=O)N2CC[NH+](C/C=C/c3ccccc3)CC2)c1. The smallest absolute Gasteiger partial charge is 0.254 e. The largest absolute Gasteiger partial charge is 0.329 e. The van der Waals surface area contributed by atoms with Gasteiger partial charge in [-0.2, -0.15) is 0 Å². The van der Waals surface area contributed by atoms with E-state index in [-0.39, 0.29) is 5.91 Å². The first-order valence-corrected chi connectivity index (χ1v) is 9.04. The number of hydrogen-bond donors (Lipinski definition) is 1. The van der Waals surface area contributed by atoms with E-state index in [2.05, 4.69) is 42.5 Å². The summed E-state index contributed by atoms with van der Waals surface area (Å²) in [6.45, 7) is 8.79. The van der Waals surface area contributed by atoms with Gasteiger partial charge in [-0.15, -0.1) is 0 Å². The molecule has 3 rings (SSSR count). The second-order valence-electron chi connectivity index (χ2n) is 6.94. The van der Waals surface area contributed by atoms with Crippen LogP contribution in [0.3, 0.4) is 0 Å². The summed E-state index contributed by atoms with van der Waals surface area (Å²) in [7, 11) is 0.